The maximum absolute atomic E-state index is 14.1. The van der Waals surface area contributed by atoms with Gasteiger partial charge in [-0.2, -0.15) is 0 Å². The minimum Gasteiger partial charge on any atom is -0.508 e. The van der Waals surface area contributed by atoms with Crippen molar-refractivity contribution in [1.82, 2.24) is 0 Å². The third-order valence-electron chi connectivity index (χ3n) is 9.18. The molecule has 0 amide bonds. The number of ketones is 3. The van der Waals surface area contributed by atoms with Crippen LogP contribution in [0.3, 0.4) is 0 Å². The van der Waals surface area contributed by atoms with E-state index in [1.165, 1.54) is 6.92 Å². The molecule has 0 saturated heterocycles. The van der Waals surface area contributed by atoms with Crippen molar-refractivity contribution in [3.8, 4) is 11.5 Å². The number of phenolic OH excluding ortho intramolecular Hbond substituents is 1. The van der Waals surface area contributed by atoms with Crippen molar-refractivity contribution >= 4 is 17.3 Å². The minimum atomic E-state index is -2.34. The highest BCUT2D eigenvalue weighted by Gasteiger charge is 2.58. The van der Waals surface area contributed by atoms with Gasteiger partial charge in [0.15, 0.2) is 17.2 Å². The van der Waals surface area contributed by atoms with Crippen LogP contribution in [0.2, 0.25) is 0 Å². The van der Waals surface area contributed by atoms with Crippen molar-refractivity contribution in [2.24, 2.45) is 11.8 Å². The molecule has 7 heteroatoms. The summed E-state index contributed by atoms with van der Waals surface area (Å²) in [5.74, 6) is -2.90. The lowest BCUT2D eigenvalue weighted by Gasteiger charge is -2.46. The number of phenols is 1. The van der Waals surface area contributed by atoms with Gasteiger partial charge in [0.05, 0.1) is 11.1 Å². The monoisotopic (exact) mass is 586 g/mol. The van der Waals surface area contributed by atoms with Crippen molar-refractivity contribution in [3.63, 3.8) is 0 Å². The van der Waals surface area contributed by atoms with Gasteiger partial charge in [-0.25, -0.2) is 0 Å². The lowest BCUT2D eigenvalue weighted by atomic mass is 9.59. The van der Waals surface area contributed by atoms with Gasteiger partial charge in [-0.15, -0.1) is 0 Å². The van der Waals surface area contributed by atoms with Crippen LogP contribution >= 0.6 is 0 Å². The summed E-state index contributed by atoms with van der Waals surface area (Å²) in [5, 5.41) is 34.6. The van der Waals surface area contributed by atoms with Gasteiger partial charge in [0, 0.05) is 11.5 Å². The van der Waals surface area contributed by atoms with Crippen LogP contribution in [0.15, 0.2) is 52.8 Å². The summed E-state index contributed by atoms with van der Waals surface area (Å²) < 4.78 is 5.92. The van der Waals surface area contributed by atoms with E-state index in [1.807, 2.05) is 51.1 Å². The summed E-state index contributed by atoms with van der Waals surface area (Å²) in [5.41, 5.74) is 1.36. The van der Waals surface area contributed by atoms with Gasteiger partial charge in [-0.1, -0.05) is 37.6 Å². The Kier molecular flexibility index (Phi) is 7.70. The van der Waals surface area contributed by atoms with Crippen LogP contribution in [0.5, 0.6) is 11.5 Å². The molecule has 5 rings (SSSR count). The molecule has 0 spiro atoms. The van der Waals surface area contributed by atoms with Crippen LogP contribution < -0.4 is 4.74 Å². The lowest BCUT2D eigenvalue weighted by molar-refractivity contribution is -0.143. The van der Waals surface area contributed by atoms with Gasteiger partial charge in [0.2, 0.25) is 5.78 Å². The number of benzene rings is 2. The maximum Gasteiger partial charge on any atom is 0.205 e. The van der Waals surface area contributed by atoms with Gasteiger partial charge in [0.1, 0.15) is 22.9 Å². The van der Waals surface area contributed by atoms with Crippen LogP contribution in [0.25, 0.3) is 0 Å². The molecule has 228 valence electrons. The van der Waals surface area contributed by atoms with Gasteiger partial charge >= 0.3 is 0 Å². The Morgan fingerprint density at radius 2 is 1.72 bits per heavy atom. The van der Waals surface area contributed by atoms with Crippen molar-refractivity contribution in [2.45, 2.75) is 97.7 Å². The molecule has 3 atom stereocenters. The number of aliphatic hydroxyl groups is 2. The molecule has 3 N–H and O–H groups in total. The molecule has 0 fully saturated rings. The number of hydrogen-bond acceptors (Lipinski definition) is 7. The number of rotatable bonds is 6. The zero-order valence-electron chi connectivity index (χ0n) is 26.1. The number of carbonyl (C=O) groups is 3. The van der Waals surface area contributed by atoms with Crippen molar-refractivity contribution in [3.05, 3.63) is 80.6 Å². The third kappa shape index (κ3) is 5.22. The molecule has 0 radical (unpaired) electrons. The molecule has 43 heavy (non-hydrogen) atoms. The van der Waals surface area contributed by atoms with Crippen LogP contribution in [0.4, 0.5) is 0 Å². The van der Waals surface area contributed by atoms with Crippen molar-refractivity contribution in [2.75, 3.05) is 0 Å². The fourth-order valence-corrected chi connectivity index (χ4v) is 7.24. The average molecular weight is 587 g/mol. The van der Waals surface area contributed by atoms with E-state index in [4.69, 9.17) is 4.74 Å². The Hall–Kier alpha value is -3.71. The molecule has 2 aromatic rings. The first-order chi connectivity index (χ1) is 20.0. The topological polar surface area (TPSA) is 121 Å². The summed E-state index contributed by atoms with van der Waals surface area (Å²) in [6.45, 7) is 13.0. The number of aromatic hydroxyl groups is 1. The van der Waals surface area contributed by atoms with E-state index in [-0.39, 0.29) is 40.4 Å². The first-order valence-electron chi connectivity index (χ1n) is 15.2. The fourth-order valence-electron chi connectivity index (χ4n) is 7.24. The Balaban J connectivity index is 1.52. The second-order valence-electron chi connectivity index (χ2n) is 13.8. The Bertz CT molecular complexity index is 1580. The van der Waals surface area contributed by atoms with Crippen molar-refractivity contribution < 1.29 is 34.4 Å². The molecule has 0 unspecified atom stereocenters. The predicted octanol–water partition coefficient (Wildman–Crippen LogP) is 6.27. The molecular weight excluding hydrogens is 544 g/mol. The quantitative estimate of drug-likeness (QED) is 0.341. The Labute approximate surface area is 253 Å². The van der Waals surface area contributed by atoms with E-state index >= 15 is 0 Å². The van der Waals surface area contributed by atoms with Gasteiger partial charge in [-0.3, -0.25) is 14.4 Å². The van der Waals surface area contributed by atoms with Gasteiger partial charge in [0.25, 0.3) is 0 Å². The molecule has 3 aliphatic rings. The van der Waals surface area contributed by atoms with E-state index < -0.39 is 40.5 Å². The standard InChI is InChI=1S/C36H42O7/c1-18(2)26-16-22(11-8-21-9-12-25(13-10-21)43-35(5,6)7)31(38)30-27(26)17-23-15-24-14-19(3)28(20(4)37)33(40)36(24,42)34(41)29(23)32(30)39/h9-10,12-13,16,18,23-24,38,41-42H,8,11,14-15,17H2,1-7H3/t23-,24-,36-/m0/s1. The second-order valence-corrected chi connectivity index (χ2v) is 13.8. The molecule has 3 aliphatic carbocycles. The molecule has 7 nitrogen and oxygen atoms in total. The van der Waals surface area contributed by atoms with Crippen LogP contribution in [-0.4, -0.2) is 43.9 Å². The summed E-state index contributed by atoms with van der Waals surface area (Å²) in [4.78, 5) is 39.9. The first-order valence-corrected chi connectivity index (χ1v) is 15.2. The highest BCUT2D eigenvalue weighted by Crippen LogP contribution is 2.52. The van der Waals surface area contributed by atoms with E-state index in [0.29, 0.717) is 36.8 Å². The molecule has 0 heterocycles. The van der Waals surface area contributed by atoms with E-state index in [9.17, 15) is 29.7 Å². The molecule has 2 aromatic carbocycles. The molecule has 0 aliphatic heterocycles. The highest BCUT2D eigenvalue weighted by molar-refractivity contribution is 6.25. The maximum atomic E-state index is 14.1. The van der Waals surface area contributed by atoms with E-state index in [1.54, 1.807) is 6.92 Å². The SMILES string of the molecule is CC(=O)C1=C(C)C[C@H]2C[C@H]3Cc4c(C(C)C)cc(CCc5ccc(OC(C)(C)C)cc5)c(O)c4C(=O)C3=C(O)[C@@]2(O)C1=O. The number of carbonyl (C=O) groups excluding carboxylic acids is 3. The highest BCUT2D eigenvalue weighted by atomic mass is 16.5. The third-order valence-corrected chi connectivity index (χ3v) is 9.18. The van der Waals surface area contributed by atoms with Crippen LogP contribution in [0, 0.1) is 11.8 Å². The molecule has 0 aromatic heterocycles. The zero-order chi connectivity index (χ0) is 31.6. The van der Waals surface area contributed by atoms with Crippen LogP contribution in [0.1, 0.15) is 99.8 Å². The summed E-state index contributed by atoms with van der Waals surface area (Å²) >= 11 is 0. The van der Waals surface area contributed by atoms with E-state index in [0.717, 1.165) is 22.4 Å². The number of allylic oxidation sites excluding steroid dienone is 2. The van der Waals surface area contributed by atoms with Crippen molar-refractivity contribution in [1.29, 1.82) is 0 Å². The number of Topliss-reactive ketones (excluding diaryl/α,β-unsaturated/α-hetero) is 3. The molecule has 0 saturated carbocycles. The Morgan fingerprint density at radius 1 is 1.07 bits per heavy atom. The summed E-state index contributed by atoms with van der Waals surface area (Å²) in [6.07, 6.45) is 2.09. The lowest BCUT2D eigenvalue weighted by Crippen LogP contribution is -2.56. The minimum absolute atomic E-state index is 0.0290. The van der Waals surface area contributed by atoms with Gasteiger partial charge in [-0.05, 0) is 113 Å². The van der Waals surface area contributed by atoms with Gasteiger partial charge < -0.3 is 20.1 Å². The first kappa shape index (κ1) is 30.7. The zero-order valence-corrected chi connectivity index (χ0v) is 26.1. The normalized spacial score (nSPS) is 23.7. The number of ether oxygens (including phenoxy) is 1. The fraction of sp³-hybridized carbons (Fsp3) is 0.472. The Morgan fingerprint density at radius 3 is 2.30 bits per heavy atom. The summed E-state index contributed by atoms with van der Waals surface area (Å²) in [6, 6.07) is 9.82. The van der Waals surface area contributed by atoms with E-state index in [2.05, 4.69) is 13.8 Å². The molecular formula is C36H42O7. The smallest absolute Gasteiger partial charge is 0.205 e. The number of hydrogen-bond donors (Lipinski definition) is 3. The van der Waals surface area contributed by atoms with Crippen LogP contribution in [-0.2, 0) is 28.9 Å². The average Bonchev–Trinajstić information content (AvgIpc) is 2.90. The predicted molar refractivity (Wildman–Crippen MR) is 164 cm³/mol. The number of fused-ring (bicyclic) bond motifs is 3. The summed E-state index contributed by atoms with van der Waals surface area (Å²) in [7, 11) is 0. The largest absolute Gasteiger partial charge is 0.508 e. The molecule has 0 bridgehead atoms. The number of aliphatic hydroxyl groups excluding tert-OH is 1. The second kappa shape index (κ2) is 10.8. The number of aryl methyl sites for hydroxylation is 2.